The van der Waals surface area contributed by atoms with Gasteiger partial charge in [-0.3, -0.25) is 4.31 Å². The summed E-state index contributed by atoms with van der Waals surface area (Å²) in [5, 5.41) is 0. The van der Waals surface area contributed by atoms with Gasteiger partial charge in [0.15, 0.2) is 0 Å². The molecule has 0 spiro atoms. The molecule has 0 aliphatic carbocycles. The van der Waals surface area contributed by atoms with Crippen molar-refractivity contribution in [1.29, 1.82) is 0 Å². The van der Waals surface area contributed by atoms with Gasteiger partial charge in [-0.1, -0.05) is 6.92 Å². The molecule has 112 valence electrons. The fourth-order valence-electron chi connectivity index (χ4n) is 2.40. The van der Waals surface area contributed by atoms with E-state index in [1.54, 1.807) is 6.20 Å². The van der Waals surface area contributed by atoms with Crippen molar-refractivity contribution in [3.05, 3.63) is 23.9 Å². The Kier molecular flexibility index (Phi) is 4.99. The van der Waals surface area contributed by atoms with Crippen LogP contribution in [-0.2, 0) is 21.2 Å². The minimum Gasteiger partial charge on any atom is -0.381 e. The van der Waals surface area contributed by atoms with Crippen LogP contribution >= 0.6 is 0 Å². The van der Waals surface area contributed by atoms with Gasteiger partial charge in [0, 0.05) is 25.3 Å². The zero-order valence-electron chi connectivity index (χ0n) is 12.1. The van der Waals surface area contributed by atoms with Crippen LogP contribution in [0.3, 0.4) is 0 Å². The van der Waals surface area contributed by atoms with Crippen LogP contribution in [0.25, 0.3) is 0 Å². The number of rotatable bonds is 5. The Labute approximate surface area is 121 Å². The average molecular weight is 298 g/mol. The standard InChI is InChI=1S/C14H22N2O3S/c1-3-12-6-7-15-14(9-12)16(20(2,17)18)10-13-5-4-8-19-11-13/h6-7,9,13H,3-5,8,10-11H2,1-2H3. The van der Waals surface area contributed by atoms with E-state index in [-0.39, 0.29) is 5.92 Å². The molecule has 0 radical (unpaired) electrons. The van der Waals surface area contributed by atoms with Crippen LogP contribution < -0.4 is 4.31 Å². The van der Waals surface area contributed by atoms with Crippen molar-refractivity contribution in [3.63, 3.8) is 0 Å². The third kappa shape index (κ3) is 3.93. The summed E-state index contributed by atoms with van der Waals surface area (Å²) in [6, 6.07) is 3.76. The number of hydrogen-bond acceptors (Lipinski definition) is 4. The predicted octanol–water partition coefficient (Wildman–Crippen LogP) is 1.84. The highest BCUT2D eigenvalue weighted by Crippen LogP contribution is 2.22. The van der Waals surface area contributed by atoms with E-state index < -0.39 is 10.0 Å². The summed E-state index contributed by atoms with van der Waals surface area (Å²) in [5.74, 6) is 0.753. The summed E-state index contributed by atoms with van der Waals surface area (Å²) >= 11 is 0. The van der Waals surface area contributed by atoms with Crippen molar-refractivity contribution in [1.82, 2.24) is 4.98 Å². The Morgan fingerprint density at radius 2 is 2.30 bits per heavy atom. The number of sulfonamides is 1. The second kappa shape index (κ2) is 6.54. The molecule has 20 heavy (non-hydrogen) atoms. The molecule has 2 rings (SSSR count). The van der Waals surface area contributed by atoms with E-state index in [1.807, 2.05) is 19.1 Å². The van der Waals surface area contributed by atoms with Crippen molar-refractivity contribution in [2.45, 2.75) is 26.2 Å². The van der Waals surface area contributed by atoms with Crippen LogP contribution in [0.2, 0.25) is 0 Å². The summed E-state index contributed by atoms with van der Waals surface area (Å²) in [4.78, 5) is 4.23. The molecule has 0 N–H and O–H groups in total. The van der Waals surface area contributed by atoms with Crippen LogP contribution in [0.4, 0.5) is 5.82 Å². The van der Waals surface area contributed by atoms with Gasteiger partial charge in [-0.25, -0.2) is 13.4 Å². The zero-order valence-corrected chi connectivity index (χ0v) is 12.9. The molecule has 1 saturated heterocycles. The van der Waals surface area contributed by atoms with Gasteiger partial charge >= 0.3 is 0 Å². The Morgan fingerprint density at radius 3 is 2.90 bits per heavy atom. The molecule has 0 bridgehead atoms. The minimum absolute atomic E-state index is 0.241. The third-order valence-electron chi connectivity index (χ3n) is 3.55. The van der Waals surface area contributed by atoms with E-state index in [9.17, 15) is 8.42 Å². The van der Waals surface area contributed by atoms with E-state index >= 15 is 0 Å². The zero-order chi connectivity index (χ0) is 14.6. The van der Waals surface area contributed by atoms with Crippen molar-refractivity contribution >= 4 is 15.8 Å². The Morgan fingerprint density at radius 1 is 1.50 bits per heavy atom. The number of hydrogen-bond donors (Lipinski definition) is 0. The van der Waals surface area contributed by atoms with Crippen LogP contribution in [0, 0.1) is 5.92 Å². The van der Waals surface area contributed by atoms with E-state index in [0.29, 0.717) is 19.0 Å². The second-order valence-corrected chi connectivity index (χ2v) is 7.16. The number of aryl methyl sites for hydroxylation is 1. The number of aromatic nitrogens is 1. The van der Waals surface area contributed by atoms with Crippen LogP contribution in [0.1, 0.15) is 25.3 Å². The molecule has 1 aliphatic heterocycles. The molecule has 2 heterocycles. The predicted molar refractivity (Wildman–Crippen MR) is 79.3 cm³/mol. The molecular weight excluding hydrogens is 276 g/mol. The summed E-state index contributed by atoms with van der Waals surface area (Å²) < 4.78 is 30.9. The lowest BCUT2D eigenvalue weighted by Gasteiger charge is -2.29. The van der Waals surface area contributed by atoms with Crippen LogP contribution in [0.15, 0.2) is 18.3 Å². The molecule has 6 heteroatoms. The van der Waals surface area contributed by atoms with Crippen LogP contribution in [0.5, 0.6) is 0 Å². The first kappa shape index (κ1) is 15.3. The van der Waals surface area contributed by atoms with Gasteiger partial charge < -0.3 is 4.74 Å². The SMILES string of the molecule is CCc1ccnc(N(CC2CCCOC2)S(C)(=O)=O)c1. The topological polar surface area (TPSA) is 59.5 Å². The molecule has 1 unspecified atom stereocenters. The maximum absolute atomic E-state index is 12.1. The first-order chi connectivity index (χ1) is 9.50. The normalized spacial score (nSPS) is 19.8. The van der Waals surface area contributed by atoms with E-state index in [0.717, 1.165) is 31.4 Å². The maximum Gasteiger partial charge on any atom is 0.233 e. The summed E-state index contributed by atoms with van der Waals surface area (Å²) in [7, 11) is -3.33. The molecule has 1 aromatic rings. The maximum atomic E-state index is 12.1. The number of pyridine rings is 1. The van der Waals surface area contributed by atoms with Gasteiger partial charge in [0.2, 0.25) is 10.0 Å². The first-order valence-corrected chi connectivity index (χ1v) is 8.86. The molecule has 0 aromatic carbocycles. The average Bonchev–Trinajstić information content (AvgIpc) is 2.45. The number of nitrogens with zero attached hydrogens (tertiary/aromatic N) is 2. The molecule has 1 aliphatic rings. The lowest BCUT2D eigenvalue weighted by atomic mass is 10.0. The highest BCUT2D eigenvalue weighted by atomic mass is 32.2. The van der Waals surface area contributed by atoms with Gasteiger partial charge in [-0.15, -0.1) is 0 Å². The molecule has 0 amide bonds. The van der Waals surface area contributed by atoms with Crippen molar-refractivity contribution in [2.75, 3.05) is 30.3 Å². The molecule has 1 aromatic heterocycles. The van der Waals surface area contributed by atoms with Gasteiger partial charge in [-0.2, -0.15) is 0 Å². The summed E-state index contributed by atoms with van der Waals surface area (Å²) in [5.41, 5.74) is 1.09. The minimum atomic E-state index is -3.33. The summed E-state index contributed by atoms with van der Waals surface area (Å²) in [6.45, 7) is 3.89. The molecule has 1 fully saturated rings. The first-order valence-electron chi connectivity index (χ1n) is 7.01. The highest BCUT2D eigenvalue weighted by Gasteiger charge is 2.24. The molecule has 5 nitrogen and oxygen atoms in total. The smallest absolute Gasteiger partial charge is 0.233 e. The molecule has 0 saturated carbocycles. The van der Waals surface area contributed by atoms with Gasteiger partial charge in [0.25, 0.3) is 0 Å². The van der Waals surface area contributed by atoms with Gasteiger partial charge in [0.05, 0.1) is 12.9 Å². The largest absolute Gasteiger partial charge is 0.381 e. The van der Waals surface area contributed by atoms with E-state index in [2.05, 4.69) is 4.98 Å². The number of ether oxygens (including phenoxy) is 1. The van der Waals surface area contributed by atoms with E-state index in [1.165, 1.54) is 10.6 Å². The van der Waals surface area contributed by atoms with Crippen molar-refractivity contribution in [3.8, 4) is 0 Å². The molecule has 1 atom stereocenters. The quantitative estimate of drug-likeness (QED) is 0.832. The highest BCUT2D eigenvalue weighted by molar-refractivity contribution is 7.92. The Bertz CT molecular complexity index is 539. The number of anilines is 1. The second-order valence-electron chi connectivity index (χ2n) is 5.25. The fourth-order valence-corrected chi connectivity index (χ4v) is 3.32. The summed E-state index contributed by atoms with van der Waals surface area (Å²) in [6.07, 6.45) is 5.75. The van der Waals surface area contributed by atoms with Crippen molar-refractivity contribution < 1.29 is 13.2 Å². The Balaban J connectivity index is 2.22. The van der Waals surface area contributed by atoms with Crippen molar-refractivity contribution in [2.24, 2.45) is 5.92 Å². The van der Waals surface area contributed by atoms with Gasteiger partial charge in [-0.05, 0) is 37.0 Å². The monoisotopic (exact) mass is 298 g/mol. The van der Waals surface area contributed by atoms with Gasteiger partial charge in [0.1, 0.15) is 5.82 Å². The van der Waals surface area contributed by atoms with Crippen LogP contribution in [-0.4, -0.2) is 39.4 Å². The Hall–Kier alpha value is -1.14. The van der Waals surface area contributed by atoms with E-state index in [4.69, 9.17) is 4.74 Å². The molecular formula is C14H22N2O3S. The lowest BCUT2D eigenvalue weighted by Crippen LogP contribution is -2.38. The fraction of sp³-hybridized carbons (Fsp3) is 0.643. The third-order valence-corrected chi connectivity index (χ3v) is 4.69. The lowest BCUT2D eigenvalue weighted by molar-refractivity contribution is 0.0584.